The van der Waals surface area contributed by atoms with Crippen molar-refractivity contribution in [1.29, 1.82) is 0 Å². The zero-order chi connectivity index (χ0) is 13.1. The maximum absolute atomic E-state index is 10.9. The van der Waals surface area contributed by atoms with E-state index < -0.39 is 35.8 Å². The molecule has 4 unspecified atom stereocenters. The lowest BCUT2D eigenvalue weighted by atomic mass is 9.86. The molecule has 0 saturated carbocycles. The Morgan fingerprint density at radius 3 is 1.75 bits per heavy atom. The van der Waals surface area contributed by atoms with E-state index in [4.69, 9.17) is 9.84 Å². The molecule has 0 aromatic rings. The van der Waals surface area contributed by atoms with E-state index in [1.165, 1.54) is 13.8 Å². The van der Waals surface area contributed by atoms with Crippen molar-refractivity contribution in [2.75, 3.05) is 0 Å². The van der Waals surface area contributed by atoms with Gasteiger partial charge in [-0.25, -0.2) is 4.79 Å². The van der Waals surface area contributed by atoms with Crippen LogP contribution in [0.5, 0.6) is 0 Å². The van der Waals surface area contributed by atoms with E-state index in [1.54, 1.807) is 0 Å². The molecule has 0 saturated heterocycles. The molecule has 4 atom stereocenters. The molecule has 0 aromatic heterocycles. The highest BCUT2D eigenvalue weighted by molar-refractivity contribution is 5.73. The molecule has 96 valence electrons. The van der Waals surface area contributed by atoms with Crippen molar-refractivity contribution in [2.45, 2.75) is 59.0 Å². The first-order valence-electron chi connectivity index (χ1n) is 5.31. The molecule has 3 N–H and O–H groups in total. The van der Waals surface area contributed by atoms with E-state index >= 15 is 0 Å². The fourth-order valence-corrected chi connectivity index (χ4v) is 1.58. The maximum Gasteiger partial charge on any atom is 0.335 e. The Kier molecular flexibility index (Phi) is 5.38. The largest absolute Gasteiger partial charge is 0.479 e. The van der Waals surface area contributed by atoms with E-state index in [2.05, 4.69) is 0 Å². The smallest absolute Gasteiger partial charge is 0.335 e. The van der Waals surface area contributed by atoms with Crippen LogP contribution in [-0.4, -0.2) is 45.7 Å². The number of aliphatic carboxylic acids is 1. The van der Waals surface area contributed by atoms with E-state index in [1.807, 2.05) is 20.8 Å². The van der Waals surface area contributed by atoms with Gasteiger partial charge in [0.25, 0.3) is 0 Å². The summed E-state index contributed by atoms with van der Waals surface area (Å²) in [4.78, 5) is 10.9. The summed E-state index contributed by atoms with van der Waals surface area (Å²) in [5, 5.41) is 27.7. The van der Waals surface area contributed by atoms with Crippen LogP contribution in [0.15, 0.2) is 0 Å². The second-order valence-electron chi connectivity index (χ2n) is 5.16. The molecule has 0 amide bonds. The second kappa shape index (κ2) is 5.61. The summed E-state index contributed by atoms with van der Waals surface area (Å²) >= 11 is 0. The highest BCUT2D eigenvalue weighted by Crippen LogP contribution is 2.26. The lowest BCUT2D eigenvalue weighted by Crippen LogP contribution is -2.46. The number of hydrogen-bond acceptors (Lipinski definition) is 4. The Morgan fingerprint density at radius 2 is 1.56 bits per heavy atom. The van der Waals surface area contributed by atoms with Crippen molar-refractivity contribution in [1.82, 2.24) is 0 Å². The van der Waals surface area contributed by atoms with Crippen LogP contribution in [0.2, 0.25) is 0 Å². The van der Waals surface area contributed by atoms with Crippen LogP contribution in [0.1, 0.15) is 34.6 Å². The molecule has 0 bridgehead atoms. The predicted molar refractivity (Wildman–Crippen MR) is 59.1 cm³/mol. The fraction of sp³-hybridized carbons (Fsp3) is 0.909. The number of aliphatic hydroxyl groups excluding tert-OH is 2. The number of carboxylic acids is 1. The molecular formula is C11H22O5. The van der Waals surface area contributed by atoms with Crippen molar-refractivity contribution in [3.8, 4) is 0 Å². The highest BCUT2D eigenvalue weighted by atomic mass is 16.5. The minimum atomic E-state index is -1.32. The Bertz CT molecular complexity index is 229. The third kappa shape index (κ3) is 4.47. The number of carbonyl (C=O) groups is 1. The molecule has 5 nitrogen and oxygen atoms in total. The van der Waals surface area contributed by atoms with Crippen molar-refractivity contribution in [3.05, 3.63) is 0 Å². The standard InChI is InChI=1S/C11H22O5/c1-6(12)8(10(14)15)16-9(7(2)13)11(3,4)5/h6-9,12-13H,1-5H3,(H,14,15). The maximum atomic E-state index is 10.9. The van der Waals surface area contributed by atoms with Crippen molar-refractivity contribution in [2.24, 2.45) is 5.41 Å². The van der Waals surface area contributed by atoms with Gasteiger partial charge in [0, 0.05) is 0 Å². The van der Waals surface area contributed by atoms with Crippen LogP contribution in [0.4, 0.5) is 0 Å². The summed E-state index contributed by atoms with van der Waals surface area (Å²) in [7, 11) is 0. The van der Waals surface area contributed by atoms with Crippen LogP contribution in [-0.2, 0) is 9.53 Å². The minimum Gasteiger partial charge on any atom is -0.479 e. The van der Waals surface area contributed by atoms with Crippen molar-refractivity contribution < 1.29 is 24.9 Å². The summed E-state index contributed by atoms with van der Waals surface area (Å²) in [5.74, 6) is -1.23. The Labute approximate surface area is 96.0 Å². The summed E-state index contributed by atoms with van der Waals surface area (Å²) in [6, 6.07) is 0. The molecule has 16 heavy (non-hydrogen) atoms. The summed E-state index contributed by atoms with van der Waals surface area (Å²) < 4.78 is 5.30. The molecule has 0 aliphatic carbocycles. The summed E-state index contributed by atoms with van der Waals surface area (Å²) in [6.45, 7) is 8.40. The van der Waals surface area contributed by atoms with Gasteiger partial charge in [-0.05, 0) is 19.3 Å². The first kappa shape index (κ1) is 15.3. The van der Waals surface area contributed by atoms with Gasteiger partial charge in [0.1, 0.15) is 0 Å². The molecule has 0 aromatic carbocycles. The molecule has 0 aliphatic rings. The quantitative estimate of drug-likeness (QED) is 0.649. The minimum absolute atomic E-state index is 0.406. The summed E-state index contributed by atoms with van der Waals surface area (Å²) in [5.41, 5.74) is -0.406. The molecular weight excluding hydrogens is 212 g/mol. The fourth-order valence-electron chi connectivity index (χ4n) is 1.58. The molecule has 0 aliphatic heterocycles. The zero-order valence-corrected chi connectivity index (χ0v) is 10.5. The topological polar surface area (TPSA) is 87.0 Å². The van der Waals surface area contributed by atoms with Gasteiger partial charge in [0.05, 0.1) is 18.3 Å². The van der Waals surface area contributed by atoms with Crippen molar-refractivity contribution >= 4 is 5.97 Å². The first-order chi connectivity index (χ1) is 7.07. The number of hydrogen-bond donors (Lipinski definition) is 3. The van der Waals surface area contributed by atoms with Crippen LogP contribution in [0.25, 0.3) is 0 Å². The number of aliphatic hydroxyl groups is 2. The van der Waals surface area contributed by atoms with Crippen LogP contribution in [0.3, 0.4) is 0 Å². The number of ether oxygens (including phenoxy) is 1. The molecule has 0 spiro atoms. The first-order valence-corrected chi connectivity index (χ1v) is 5.31. The van der Waals surface area contributed by atoms with Gasteiger partial charge in [-0.3, -0.25) is 0 Å². The molecule has 0 fully saturated rings. The third-order valence-corrected chi connectivity index (χ3v) is 2.27. The average Bonchev–Trinajstić information content (AvgIpc) is 1.99. The van der Waals surface area contributed by atoms with Crippen LogP contribution >= 0.6 is 0 Å². The van der Waals surface area contributed by atoms with Gasteiger partial charge >= 0.3 is 5.97 Å². The van der Waals surface area contributed by atoms with E-state index in [0.717, 1.165) is 0 Å². The molecule has 0 heterocycles. The second-order valence-corrected chi connectivity index (χ2v) is 5.16. The molecule has 5 heteroatoms. The van der Waals surface area contributed by atoms with Gasteiger partial charge in [0.2, 0.25) is 0 Å². The third-order valence-electron chi connectivity index (χ3n) is 2.27. The Hall–Kier alpha value is -0.650. The molecule has 0 rings (SSSR count). The van der Waals surface area contributed by atoms with Crippen molar-refractivity contribution in [3.63, 3.8) is 0 Å². The summed E-state index contributed by atoms with van der Waals surface area (Å²) in [6.07, 6.45) is -3.90. The lowest BCUT2D eigenvalue weighted by molar-refractivity contribution is -0.180. The van der Waals surface area contributed by atoms with E-state index in [9.17, 15) is 15.0 Å². The van der Waals surface area contributed by atoms with Gasteiger partial charge in [0.15, 0.2) is 6.10 Å². The van der Waals surface area contributed by atoms with Crippen LogP contribution in [0, 0.1) is 5.41 Å². The normalized spacial score (nSPS) is 19.9. The average molecular weight is 234 g/mol. The van der Waals surface area contributed by atoms with Gasteiger partial charge in [-0.1, -0.05) is 20.8 Å². The number of carboxylic acid groups (broad SMARTS) is 1. The lowest BCUT2D eigenvalue weighted by Gasteiger charge is -2.35. The van der Waals surface area contributed by atoms with Gasteiger partial charge < -0.3 is 20.1 Å². The Morgan fingerprint density at radius 1 is 1.12 bits per heavy atom. The highest BCUT2D eigenvalue weighted by Gasteiger charge is 2.36. The monoisotopic (exact) mass is 234 g/mol. The zero-order valence-electron chi connectivity index (χ0n) is 10.5. The van der Waals surface area contributed by atoms with Gasteiger partial charge in [-0.2, -0.15) is 0 Å². The number of rotatable bonds is 5. The predicted octanol–water partition coefficient (Wildman–Crippen LogP) is 0.633. The SMILES string of the molecule is CC(O)C(OC(C(C)O)C(C)(C)C)C(=O)O. The Balaban J connectivity index is 4.80. The van der Waals surface area contributed by atoms with E-state index in [0.29, 0.717) is 0 Å². The van der Waals surface area contributed by atoms with Crippen LogP contribution < -0.4 is 0 Å². The van der Waals surface area contributed by atoms with E-state index in [-0.39, 0.29) is 0 Å². The van der Waals surface area contributed by atoms with Gasteiger partial charge in [-0.15, -0.1) is 0 Å². The molecule has 0 radical (unpaired) electrons.